The molecule has 0 unspecified atom stereocenters. The number of benzene rings is 4. The van der Waals surface area contributed by atoms with Crippen molar-refractivity contribution in [1.82, 2.24) is 9.73 Å². The third-order valence-corrected chi connectivity index (χ3v) is 7.23. The first-order valence-corrected chi connectivity index (χ1v) is 13.1. The number of sulfonamides is 1. The Kier molecular flexibility index (Phi) is 8.45. The molecule has 0 saturated carbocycles. The normalized spacial score (nSPS) is 11.5. The highest BCUT2D eigenvalue weighted by atomic mass is 32.2. The van der Waals surface area contributed by atoms with E-state index < -0.39 is 15.9 Å². The zero-order chi connectivity index (χ0) is 26.1. The SMILES string of the molecule is Cc1ccc(S(=O)(=O)N(CC(=O)N/N=C\c2cccc(Oc3ccccc3)c2)Cc2ccccc2)cc1. The van der Waals surface area contributed by atoms with E-state index in [1.165, 1.54) is 6.21 Å². The highest BCUT2D eigenvalue weighted by molar-refractivity contribution is 7.89. The van der Waals surface area contributed by atoms with Crippen molar-refractivity contribution < 1.29 is 17.9 Å². The first kappa shape index (κ1) is 25.8. The summed E-state index contributed by atoms with van der Waals surface area (Å²) in [7, 11) is -3.92. The fourth-order valence-electron chi connectivity index (χ4n) is 3.53. The number of ether oxygens (including phenoxy) is 1. The summed E-state index contributed by atoms with van der Waals surface area (Å²) in [6.07, 6.45) is 1.48. The Morgan fingerprint density at radius 1 is 0.865 bits per heavy atom. The van der Waals surface area contributed by atoms with E-state index in [-0.39, 0.29) is 18.0 Å². The molecule has 0 heterocycles. The summed E-state index contributed by atoms with van der Waals surface area (Å²) in [5.41, 5.74) is 4.85. The van der Waals surface area contributed by atoms with Crippen LogP contribution in [0.25, 0.3) is 0 Å². The van der Waals surface area contributed by atoms with Crippen LogP contribution in [0.3, 0.4) is 0 Å². The van der Waals surface area contributed by atoms with Gasteiger partial charge < -0.3 is 4.74 Å². The second kappa shape index (κ2) is 12.1. The highest BCUT2D eigenvalue weighted by Gasteiger charge is 2.26. The molecule has 7 nitrogen and oxygen atoms in total. The van der Waals surface area contributed by atoms with E-state index in [0.29, 0.717) is 17.1 Å². The number of hydrazone groups is 1. The third kappa shape index (κ3) is 7.36. The van der Waals surface area contributed by atoms with Crippen LogP contribution in [0, 0.1) is 6.92 Å². The van der Waals surface area contributed by atoms with Gasteiger partial charge in [0.2, 0.25) is 10.0 Å². The third-order valence-electron chi connectivity index (χ3n) is 5.42. The van der Waals surface area contributed by atoms with Crippen LogP contribution in [-0.4, -0.2) is 31.4 Å². The molecular formula is C29H27N3O4S. The number of aryl methyl sites for hydroxylation is 1. The summed E-state index contributed by atoms with van der Waals surface area (Å²) in [6.45, 7) is 1.54. The van der Waals surface area contributed by atoms with Gasteiger partial charge in [-0.1, -0.05) is 78.4 Å². The maximum Gasteiger partial charge on any atom is 0.255 e. The molecule has 0 aliphatic carbocycles. The van der Waals surface area contributed by atoms with E-state index in [2.05, 4.69) is 10.5 Å². The van der Waals surface area contributed by atoms with Gasteiger partial charge in [-0.25, -0.2) is 13.8 Å². The van der Waals surface area contributed by atoms with E-state index >= 15 is 0 Å². The molecule has 0 atom stereocenters. The Bertz CT molecular complexity index is 1460. The predicted octanol–water partition coefficient (Wildman–Crippen LogP) is 5.13. The average Bonchev–Trinajstić information content (AvgIpc) is 2.90. The molecule has 188 valence electrons. The van der Waals surface area contributed by atoms with E-state index in [4.69, 9.17) is 4.74 Å². The fraction of sp³-hybridized carbons (Fsp3) is 0.103. The molecule has 0 saturated heterocycles. The molecule has 0 radical (unpaired) electrons. The highest BCUT2D eigenvalue weighted by Crippen LogP contribution is 2.21. The van der Waals surface area contributed by atoms with Crippen LogP contribution in [0.5, 0.6) is 11.5 Å². The molecule has 1 amide bonds. The number of hydrogen-bond donors (Lipinski definition) is 1. The molecule has 37 heavy (non-hydrogen) atoms. The Morgan fingerprint density at radius 3 is 2.22 bits per heavy atom. The van der Waals surface area contributed by atoms with Gasteiger partial charge in [0.25, 0.3) is 5.91 Å². The largest absolute Gasteiger partial charge is 0.457 e. The fourth-order valence-corrected chi connectivity index (χ4v) is 4.91. The minimum atomic E-state index is -3.92. The lowest BCUT2D eigenvalue weighted by Gasteiger charge is -2.21. The summed E-state index contributed by atoms with van der Waals surface area (Å²) in [5.74, 6) is 0.775. The standard InChI is InChI=1S/C29H27N3O4S/c1-23-15-17-28(18-16-23)37(34,35)32(21-24-9-4-2-5-10-24)22-29(33)31-30-20-25-11-8-14-27(19-25)36-26-12-6-3-7-13-26/h2-20H,21-22H2,1H3,(H,31,33)/b30-20-. The average molecular weight is 514 g/mol. The Labute approximate surface area is 217 Å². The molecule has 0 spiro atoms. The molecule has 1 N–H and O–H groups in total. The van der Waals surface area contributed by atoms with Crippen molar-refractivity contribution in [2.45, 2.75) is 18.4 Å². The number of nitrogens with one attached hydrogen (secondary N) is 1. The van der Waals surface area contributed by atoms with Gasteiger partial charge in [0, 0.05) is 6.54 Å². The molecule has 0 fully saturated rings. The van der Waals surface area contributed by atoms with Crippen molar-refractivity contribution >= 4 is 22.1 Å². The van der Waals surface area contributed by atoms with Crippen molar-refractivity contribution in [2.24, 2.45) is 5.10 Å². The quantitative estimate of drug-likeness (QED) is 0.235. The maximum absolute atomic E-state index is 13.4. The summed E-state index contributed by atoms with van der Waals surface area (Å²) >= 11 is 0. The lowest BCUT2D eigenvalue weighted by Crippen LogP contribution is -2.39. The zero-order valence-corrected chi connectivity index (χ0v) is 21.1. The van der Waals surface area contributed by atoms with Crippen LogP contribution >= 0.6 is 0 Å². The molecule has 4 aromatic carbocycles. The number of carbonyl (C=O) groups is 1. The lowest BCUT2D eigenvalue weighted by molar-refractivity contribution is -0.121. The van der Waals surface area contributed by atoms with Crippen LogP contribution in [0.4, 0.5) is 0 Å². The monoisotopic (exact) mass is 513 g/mol. The molecule has 0 bridgehead atoms. The molecule has 0 aromatic heterocycles. The van der Waals surface area contributed by atoms with Crippen molar-refractivity contribution in [3.05, 3.63) is 126 Å². The topological polar surface area (TPSA) is 88.1 Å². The molecule has 0 aliphatic rings. The number of carbonyl (C=O) groups excluding carboxylic acids is 1. The molecule has 8 heteroatoms. The van der Waals surface area contributed by atoms with Crippen molar-refractivity contribution in [1.29, 1.82) is 0 Å². The number of para-hydroxylation sites is 1. The zero-order valence-electron chi connectivity index (χ0n) is 20.3. The predicted molar refractivity (Wildman–Crippen MR) is 144 cm³/mol. The van der Waals surface area contributed by atoms with Gasteiger partial charge >= 0.3 is 0 Å². The first-order valence-electron chi connectivity index (χ1n) is 11.7. The van der Waals surface area contributed by atoms with Gasteiger partial charge in [0.05, 0.1) is 17.7 Å². The number of amides is 1. The lowest BCUT2D eigenvalue weighted by atomic mass is 10.2. The van der Waals surface area contributed by atoms with E-state index in [9.17, 15) is 13.2 Å². The summed E-state index contributed by atoms with van der Waals surface area (Å²) < 4.78 is 33.7. The first-order chi connectivity index (χ1) is 17.9. The van der Waals surface area contributed by atoms with E-state index in [1.807, 2.05) is 85.8 Å². The summed E-state index contributed by atoms with van der Waals surface area (Å²) in [6, 6.07) is 32.3. The maximum atomic E-state index is 13.4. The van der Waals surface area contributed by atoms with E-state index in [0.717, 1.165) is 15.4 Å². The second-order valence-corrected chi connectivity index (χ2v) is 10.3. The van der Waals surface area contributed by atoms with Gasteiger partial charge in [-0.3, -0.25) is 4.79 Å². The smallest absolute Gasteiger partial charge is 0.255 e. The van der Waals surface area contributed by atoms with Crippen LogP contribution in [0.15, 0.2) is 119 Å². The van der Waals surface area contributed by atoms with Crippen molar-refractivity contribution in [3.63, 3.8) is 0 Å². The van der Waals surface area contributed by atoms with Gasteiger partial charge in [-0.15, -0.1) is 0 Å². The van der Waals surface area contributed by atoms with Gasteiger partial charge in [0.1, 0.15) is 11.5 Å². The minimum Gasteiger partial charge on any atom is -0.457 e. The Morgan fingerprint density at radius 2 is 1.51 bits per heavy atom. The van der Waals surface area contributed by atoms with E-state index in [1.54, 1.807) is 30.3 Å². The number of nitrogens with zero attached hydrogens (tertiary/aromatic N) is 2. The molecular weight excluding hydrogens is 486 g/mol. The van der Waals surface area contributed by atoms with Crippen LogP contribution < -0.4 is 10.2 Å². The van der Waals surface area contributed by atoms with Crippen LogP contribution in [0.1, 0.15) is 16.7 Å². The molecule has 0 aliphatic heterocycles. The van der Waals surface area contributed by atoms with Crippen LogP contribution in [0.2, 0.25) is 0 Å². The van der Waals surface area contributed by atoms with Crippen molar-refractivity contribution in [3.8, 4) is 11.5 Å². The number of hydrogen-bond acceptors (Lipinski definition) is 5. The minimum absolute atomic E-state index is 0.0487. The molecule has 4 rings (SSSR count). The Balaban J connectivity index is 1.44. The Hall–Kier alpha value is -4.27. The van der Waals surface area contributed by atoms with Gasteiger partial charge in [0.15, 0.2) is 0 Å². The van der Waals surface area contributed by atoms with Gasteiger partial charge in [-0.05, 0) is 54.4 Å². The summed E-state index contributed by atoms with van der Waals surface area (Å²) in [5, 5.41) is 4.01. The van der Waals surface area contributed by atoms with Crippen LogP contribution in [-0.2, 0) is 21.4 Å². The van der Waals surface area contributed by atoms with Crippen molar-refractivity contribution in [2.75, 3.05) is 6.54 Å². The molecule has 4 aromatic rings. The van der Waals surface area contributed by atoms with Gasteiger partial charge in [-0.2, -0.15) is 9.41 Å². The summed E-state index contributed by atoms with van der Waals surface area (Å²) in [4.78, 5) is 12.8. The number of rotatable bonds is 10. The second-order valence-electron chi connectivity index (χ2n) is 8.35.